The zero-order chi connectivity index (χ0) is 16.2. The van der Waals surface area contributed by atoms with Gasteiger partial charge in [-0.2, -0.15) is 0 Å². The smallest absolute Gasteiger partial charge is 0.217 e. The Morgan fingerprint density at radius 2 is 1.95 bits per heavy atom. The highest BCUT2D eigenvalue weighted by Crippen LogP contribution is 2.16. The van der Waals surface area contributed by atoms with E-state index < -0.39 is 5.60 Å². The van der Waals surface area contributed by atoms with E-state index in [0.29, 0.717) is 6.04 Å². The standard InChI is InChI=1S/C18H28N2O2/c1-14(21)19-17-9-11-20(13-17)12-16-6-4-15(5-7-16)8-10-18(2,3)22/h4-7,17,22H,8-13H2,1-3H3,(H,19,21)/t17-/m0/s1. The number of amides is 1. The molecule has 4 nitrogen and oxygen atoms in total. The third-order valence-electron chi connectivity index (χ3n) is 4.13. The zero-order valence-electron chi connectivity index (χ0n) is 13.9. The minimum Gasteiger partial charge on any atom is -0.390 e. The van der Waals surface area contributed by atoms with Crippen LogP contribution in [0.3, 0.4) is 0 Å². The predicted molar refractivity (Wildman–Crippen MR) is 88.6 cm³/mol. The summed E-state index contributed by atoms with van der Waals surface area (Å²) in [6, 6.07) is 8.95. The molecule has 1 atom stereocenters. The van der Waals surface area contributed by atoms with E-state index in [4.69, 9.17) is 0 Å². The van der Waals surface area contributed by atoms with Crippen LogP contribution in [0.5, 0.6) is 0 Å². The first-order valence-electron chi connectivity index (χ1n) is 8.11. The van der Waals surface area contributed by atoms with Crippen LogP contribution in [-0.2, 0) is 17.8 Å². The molecular formula is C18H28N2O2. The fourth-order valence-corrected chi connectivity index (χ4v) is 2.90. The number of nitrogens with zero attached hydrogens (tertiary/aromatic N) is 1. The van der Waals surface area contributed by atoms with Gasteiger partial charge in [0, 0.05) is 32.6 Å². The number of likely N-dealkylation sites (tertiary alicyclic amines) is 1. The summed E-state index contributed by atoms with van der Waals surface area (Å²) >= 11 is 0. The number of nitrogens with one attached hydrogen (secondary N) is 1. The van der Waals surface area contributed by atoms with Crippen molar-refractivity contribution in [2.24, 2.45) is 0 Å². The van der Waals surface area contributed by atoms with Crippen molar-refractivity contribution in [3.05, 3.63) is 35.4 Å². The fourth-order valence-electron chi connectivity index (χ4n) is 2.90. The minimum absolute atomic E-state index is 0.0583. The number of carbonyl (C=O) groups excluding carboxylic acids is 1. The second kappa shape index (κ2) is 7.25. The van der Waals surface area contributed by atoms with Gasteiger partial charge in [0.1, 0.15) is 0 Å². The van der Waals surface area contributed by atoms with Gasteiger partial charge in [-0.05, 0) is 44.2 Å². The molecule has 1 aliphatic heterocycles. The van der Waals surface area contributed by atoms with E-state index in [2.05, 4.69) is 34.5 Å². The molecule has 0 bridgehead atoms. The third kappa shape index (κ3) is 5.78. The number of rotatable bonds is 6. The Bertz CT molecular complexity index is 491. The predicted octanol–water partition coefficient (Wildman–Crippen LogP) is 2.10. The van der Waals surface area contributed by atoms with Gasteiger partial charge in [-0.15, -0.1) is 0 Å². The highest BCUT2D eigenvalue weighted by Gasteiger charge is 2.22. The topological polar surface area (TPSA) is 52.6 Å². The van der Waals surface area contributed by atoms with Crippen LogP contribution in [0.1, 0.15) is 44.7 Å². The lowest BCUT2D eigenvalue weighted by molar-refractivity contribution is -0.119. The molecule has 1 aromatic rings. The van der Waals surface area contributed by atoms with Crippen LogP contribution in [0.2, 0.25) is 0 Å². The Morgan fingerprint density at radius 1 is 1.32 bits per heavy atom. The average molecular weight is 304 g/mol. The first-order valence-corrected chi connectivity index (χ1v) is 8.11. The lowest BCUT2D eigenvalue weighted by Crippen LogP contribution is -2.35. The van der Waals surface area contributed by atoms with Crippen molar-refractivity contribution in [2.45, 2.75) is 58.2 Å². The van der Waals surface area contributed by atoms with Crippen molar-refractivity contribution < 1.29 is 9.90 Å². The summed E-state index contributed by atoms with van der Waals surface area (Å²) in [5, 5.41) is 12.8. The van der Waals surface area contributed by atoms with Crippen LogP contribution in [-0.4, -0.2) is 40.6 Å². The number of aryl methyl sites for hydroxylation is 1. The van der Waals surface area contributed by atoms with Crippen molar-refractivity contribution in [3.8, 4) is 0 Å². The summed E-state index contributed by atoms with van der Waals surface area (Å²) in [6.07, 6.45) is 2.71. The van der Waals surface area contributed by atoms with E-state index in [9.17, 15) is 9.90 Å². The lowest BCUT2D eigenvalue weighted by atomic mass is 9.98. The normalized spacial score (nSPS) is 19.4. The Morgan fingerprint density at radius 3 is 2.55 bits per heavy atom. The molecule has 0 unspecified atom stereocenters. The number of carbonyl (C=O) groups is 1. The summed E-state index contributed by atoms with van der Waals surface area (Å²) in [7, 11) is 0. The molecule has 0 aliphatic carbocycles. The summed E-state index contributed by atoms with van der Waals surface area (Å²) in [4.78, 5) is 13.5. The van der Waals surface area contributed by atoms with Crippen LogP contribution in [0, 0.1) is 0 Å². The van der Waals surface area contributed by atoms with E-state index in [0.717, 1.165) is 38.9 Å². The molecule has 0 radical (unpaired) electrons. The highest BCUT2D eigenvalue weighted by molar-refractivity contribution is 5.73. The van der Waals surface area contributed by atoms with E-state index in [-0.39, 0.29) is 5.91 Å². The molecule has 1 amide bonds. The second-order valence-corrected chi connectivity index (χ2v) is 7.05. The minimum atomic E-state index is -0.604. The molecule has 1 aliphatic rings. The molecule has 4 heteroatoms. The SMILES string of the molecule is CC(=O)N[C@H]1CCN(Cc2ccc(CCC(C)(C)O)cc2)C1. The Labute approximate surface area is 133 Å². The highest BCUT2D eigenvalue weighted by atomic mass is 16.3. The number of aliphatic hydroxyl groups is 1. The van der Waals surface area contributed by atoms with Gasteiger partial charge in [0.25, 0.3) is 0 Å². The molecule has 2 N–H and O–H groups in total. The molecule has 1 saturated heterocycles. The Hall–Kier alpha value is -1.39. The van der Waals surface area contributed by atoms with Crippen molar-refractivity contribution in [1.82, 2.24) is 10.2 Å². The van der Waals surface area contributed by atoms with Crippen molar-refractivity contribution in [1.29, 1.82) is 0 Å². The van der Waals surface area contributed by atoms with E-state index in [1.165, 1.54) is 11.1 Å². The van der Waals surface area contributed by atoms with Gasteiger partial charge < -0.3 is 10.4 Å². The average Bonchev–Trinajstić information content (AvgIpc) is 2.83. The molecular weight excluding hydrogens is 276 g/mol. The van der Waals surface area contributed by atoms with Gasteiger partial charge in [-0.1, -0.05) is 24.3 Å². The van der Waals surface area contributed by atoms with Gasteiger partial charge in [0.05, 0.1) is 5.60 Å². The maximum absolute atomic E-state index is 11.1. The van der Waals surface area contributed by atoms with E-state index in [1.807, 2.05) is 13.8 Å². The molecule has 1 aromatic carbocycles. The first-order chi connectivity index (χ1) is 10.3. The van der Waals surface area contributed by atoms with Gasteiger partial charge in [0.15, 0.2) is 0 Å². The van der Waals surface area contributed by atoms with Crippen molar-refractivity contribution in [2.75, 3.05) is 13.1 Å². The second-order valence-electron chi connectivity index (χ2n) is 7.05. The summed E-state index contributed by atoms with van der Waals surface area (Å²) in [5.74, 6) is 0.0583. The molecule has 2 rings (SSSR count). The van der Waals surface area contributed by atoms with E-state index in [1.54, 1.807) is 6.92 Å². The summed E-state index contributed by atoms with van der Waals surface area (Å²) < 4.78 is 0. The monoisotopic (exact) mass is 304 g/mol. The van der Waals surface area contributed by atoms with E-state index >= 15 is 0 Å². The molecule has 0 saturated carbocycles. The Kier molecular flexibility index (Phi) is 5.59. The number of hydrogen-bond acceptors (Lipinski definition) is 3. The summed E-state index contributed by atoms with van der Waals surface area (Å²) in [5.41, 5.74) is 1.96. The van der Waals surface area contributed by atoms with Crippen LogP contribution >= 0.6 is 0 Å². The summed E-state index contributed by atoms with van der Waals surface area (Å²) in [6.45, 7) is 8.17. The van der Waals surface area contributed by atoms with Crippen LogP contribution in [0.25, 0.3) is 0 Å². The number of benzene rings is 1. The lowest BCUT2D eigenvalue weighted by Gasteiger charge is -2.18. The molecule has 122 valence electrons. The largest absolute Gasteiger partial charge is 0.390 e. The first kappa shape index (κ1) is 17.0. The fraction of sp³-hybridized carbons (Fsp3) is 0.611. The molecule has 0 aromatic heterocycles. The molecule has 1 fully saturated rings. The zero-order valence-corrected chi connectivity index (χ0v) is 13.9. The molecule has 22 heavy (non-hydrogen) atoms. The van der Waals surface area contributed by atoms with Crippen molar-refractivity contribution >= 4 is 5.91 Å². The maximum Gasteiger partial charge on any atom is 0.217 e. The quantitative estimate of drug-likeness (QED) is 0.846. The van der Waals surface area contributed by atoms with Gasteiger partial charge in [-0.3, -0.25) is 9.69 Å². The maximum atomic E-state index is 11.1. The van der Waals surface area contributed by atoms with Gasteiger partial charge >= 0.3 is 0 Å². The Balaban J connectivity index is 1.81. The number of hydrogen-bond donors (Lipinski definition) is 2. The van der Waals surface area contributed by atoms with Gasteiger partial charge in [0.2, 0.25) is 5.91 Å². The van der Waals surface area contributed by atoms with Crippen LogP contribution in [0.4, 0.5) is 0 Å². The molecule has 1 heterocycles. The van der Waals surface area contributed by atoms with Crippen LogP contribution < -0.4 is 5.32 Å². The molecule has 0 spiro atoms. The van der Waals surface area contributed by atoms with Crippen LogP contribution in [0.15, 0.2) is 24.3 Å². The van der Waals surface area contributed by atoms with Gasteiger partial charge in [-0.25, -0.2) is 0 Å². The third-order valence-corrected chi connectivity index (χ3v) is 4.13. The van der Waals surface area contributed by atoms with Crippen molar-refractivity contribution in [3.63, 3.8) is 0 Å².